The molecule has 350 valence electrons. The quantitative estimate of drug-likeness (QED) is 0.0345. The highest BCUT2D eigenvalue weighted by Gasteiger charge is 2.19. The summed E-state index contributed by atoms with van der Waals surface area (Å²) in [5.74, 6) is 0.856. The van der Waals surface area contributed by atoms with Crippen LogP contribution in [0.3, 0.4) is 0 Å². The van der Waals surface area contributed by atoms with Gasteiger partial charge in [-0.15, -0.1) is 0 Å². The molecule has 0 radical (unpaired) electrons. The van der Waals surface area contributed by atoms with Crippen LogP contribution >= 0.6 is 0 Å². The van der Waals surface area contributed by atoms with Crippen molar-refractivity contribution in [3.8, 4) is 0 Å². The summed E-state index contributed by atoms with van der Waals surface area (Å²) in [4.78, 5) is 37.9. The Morgan fingerprint density at radius 2 is 0.644 bits per heavy atom. The lowest BCUT2D eigenvalue weighted by molar-refractivity contribution is -0.167. The van der Waals surface area contributed by atoms with E-state index >= 15 is 0 Å². The number of esters is 3. The van der Waals surface area contributed by atoms with E-state index in [-0.39, 0.29) is 31.1 Å². The zero-order chi connectivity index (χ0) is 43.3. The molecule has 0 fully saturated rings. The first-order chi connectivity index (χ1) is 28.8. The van der Waals surface area contributed by atoms with Crippen LogP contribution < -0.4 is 0 Å². The van der Waals surface area contributed by atoms with Gasteiger partial charge in [0.25, 0.3) is 0 Å². The van der Waals surface area contributed by atoms with Gasteiger partial charge in [0.1, 0.15) is 13.2 Å². The molecule has 59 heavy (non-hydrogen) atoms. The summed E-state index contributed by atoms with van der Waals surface area (Å²) in [6, 6.07) is 0. The minimum absolute atomic E-state index is 0.0637. The molecular weight excluding hydrogens is 733 g/mol. The lowest BCUT2D eigenvalue weighted by atomic mass is 9.99. The summed E-state index contributed by atoms with van der Waals surface area (Å²) in [5, 5.41) is 0. The van der Waals surface area contributed by atoms with Crippen molar-refractivity contribution in [1.29, 1.82) is 0 Å². The van der Waals surface area contributed by atoms with Gasteiger partial charge in [-0.2, -0.15) is 0 Å². The van der Waals surface area contributed by atoms with Gasteiger partial charge in [-0.25, -0.2) is 0 Å². The van der Waals surface area contributed by atoms with E-state index in [1.165, 1.54) is 180 Å². The molecule has 0 bridgehead atoms. The van der Waals surface area contributed by atoms with Crippen LogP contribution in [0, 0.1) is 11.8 Å². The van der Waals surface area contributed by atoms with Crippen LogP contribution in [0.15, 0.2) is 0 Å². The second-order valence-electron chi connectivity index (χ2n) is 18.9. The van der Waals surface area contributed by atoms with Gasteiger partial charge in [0, 0.05) is 19.3 Å². The SMILES string of the molecule is CCCCCCCCCCCCCC(=O)O[C@@H](COC(=O)CCCCCCCCCCCCCCCCC(C)CC)COC(=O)CCCCCCCCCCCC(C)C. The molecule has 0 heterocycles. The molecule has 0 aliphatic heterocycles. The van der Waals surface area contributed by atoms with Crippen molar-refractivity contribution in [1.82, 2.24) is 0 Å². The Balaban J connectivity index is 4.26. The number of hydrogen-bond acceptors (Lipinski definition) is 6. The minimum atomic E-state index is -0.761. The average molecular weight is 835 g/mol. The number of rotatable bonds is 47. The Hall–Kier alpha value is -1.59. The van der Waals surface area contributed by atoms with Crippen LogP contribution in [0.5, 0.6) is 0 Å². The molecule has 1 unspecified atom stereocenters. The van der Waals surface area contributed by atoms with E-state index in [9.17, 15) is 14.4 Å². The maximum absolute atomic E-state index is 12.8. The Morgan fingerprint density at radius 1 is 0.356 bits per heavy atom. The zero-order valence-electron chi connectivity index (χ0n) is 40.4. The lowest BCUT2D eigenvalue weighted by Gasteiger charge is -2.18. The second-order valence-corrected chi connectivity index (χ2v) is 18.9. The summed E-state index contributed by atoms with van der Waals surface area (Å²) in [5.41, 5.74) is 0. The molecule has 6 nitrogen and oxygen atoms in total. The van der Waals surface area contributed by atoms with Gasteiger partial charge in [-0.3, -0.25) is 14.4 Å². The van der Waals surface area contributed by atoms with Crippen LogP contribution in [0.4, 0.5) is 0 Å². The topological polar surface area (TPSA) is 78.9 Å². The van der Waals surface area contributed by atoms with Gasteiger partial charge in [0.05, 0.1) is 0 Å². The highest BCUT2D eigenvalue weighted by atomic mass is 16.6. The molecule has 0 saturated carbocycles. The smallest absolute Gasteiger partial charge is 0.306 e. The summed E-state index contributed by atoms with van der Waals surface area (Å²) < 4.78 is 16.8. The predicted molar refractivity (Wildman–Crippen MR) is 252 cm³/mol. The van der Waals surface area contributed by atoms with Crippen LogP contribution in [-0.2, 0) is 28.6 Å². The Morgan fingerprint density at radius 3 is 0.966 bits per heavy atom. The molecule has 0 aromatic carbocycles. The number of ether oxygens (including phenoxy) is 3. The first-order valence-electron chi connectivity index (χ1n) is 26.3. The fraction of sp³-hybridized carbons (Fsp3) is 0.943. The van der Waals surface area contributed by atoms with Gasteiger partial charge in [0.15, 0.2) is 6.10 Å². The van der Waals surface area contributed by atoms with Crippen molar-refractivity contribution >= 4 is 17.9 Å². The van der Waals surface area contributed by atoms with Crippen molar-refractivity contribution in [3.05, 3.63) is 0 Å². The fourth-order valence-corrected chi connectivity index (χ4v) is 7.96. The molecule has 0 amide bonds. The molecule has 0 rings (SSSR count). The average Bonchev–Trinajstić information content (AvgIpc) is 3.22. The van der Waals surface area contributed by atoms with Crippen molar-refractivity contribution in [2.75, 3.05) is 13.2 Å². The third-order valence-corrected chi connectivity index (χ3v) is 12.3. The number of unbranched alkanes of at least 4 members (excludes halogenated alkanes) is 31. The summed E-state index contributed by atoms with van der Waals surface area (Å²) in [6.45, 7) is 11.4. The Labute approximate surface area is 368 Å². The summed E-state index contributed by atoms with van der Waals surface area (Å²) >= 11 is 0. The molecule has 0 aromatic rings. The molecular formula is C53H102O6. The number of carbonyl (C=O) groups excluding carboxylic acids is 3. The monoisotopic (exact) mass is 835 g/mol. The molecule has 0 aromatic heterocycles. The van der Waals surface area contributed by atoms with Gasteiger partial charge < -0.3 is 14.2 Å². The first kappa shape index (κ1) is 57.4. The van der Waals surface area contributed by atoms with E-state index in [4.69, 9.17) is 14.2 Å². The van der Waals surface area contributed by atoms with Crippen molar-refractivity contribution in [3.63, 3.8) is 0 Å². The van der Waals surface area contributed by atoms with E-state index in [0.717, 1.165) is 69.6 Å². The number of carbonyl (C=O) groups is 3. The van der Waals surface area contributed by atoms with E-state index in [2.05, 4.69) is 34.6 Å². The van der Waals surface area contributed by atoms with Crippen LogP contribution in [-0.4, -0.2) is 37.2 Å². The molecule has 0 saturated heterocycles. The Bertz CT molecular complexity index is 902. The third kappa shape index (κ3) is 45.8. The third-order valence-electron chi connectivity index (χ3n) is 12.3. The van der Waals surface area contributed by atoms with E-state index in [1.807, 2.05) is 0 Å². The molecule has 0 N–H and O–H groups in total. The lowest BCUT2D eigenvalue weighted by Crippen LogP contribution is -2.30. The Kier molecular flexibility index (Phi) is 44.7. The van der Waals surface area contributed by atoms with Gasteiger partial charge in [-0.05, 0) is 31.1 Å². The standard InChI is InChI=1S/C53H102O6/c1-6-8-9-10-11-12-17-24-30-35-40-45-53(56)59-50(47-58-52(55)44-39-34-29-25-20-21-26-31-36-41-48(3)4)46-57-51(54)43-38-33-28-23-19-16-14-13-15-18-22-27-32-37-42-49(5)7-2/h48-50H,6-47H2,1-5H3/t49?,50-/m0/s1. The van der Waals surface area contributed by atoms with Crippen molar-refractivity contribution in [2.45, 2.75) is 298 Å². The van der Waals surface area contributed by atoms with Crippen LogP contribution in [0.2, 0.25) is 0 Å². The molecule has 2 atom stereocenters. The number of hydrogen-bond donors (Lipinski definition) is 0. The highest BCUT2D eigenvalue weighted by molar-refractivity contribution is 5.71. The molecule has 0 aliphatic carbocycles. The highest BCUT2D eigenvalue weighted by Crippen LogP contribution is 2.18. The van der Waals surface area contributed by atoms with E-state index in [0.29, 0.717) is 19.3 Å². The largest absolute Gasteiger partial charge is 0.462 e. The van der Waals surface area contributed by atoms with Crippen molar-refractivity contribution < 1.29 is 28.6 Å². The zero-order valence-corrected chi connectivity index (χ0v) is 40.4. The fourth-order valence-electron chi connectivity index (χ4n) is 7.96. The predicted octanol–water partition coefficient (Wildman–Crippen LogP) is 16.9. The maximum Gasteiger partial charge on any atom is 0.306 e. The van der Waals surface area contributed by atoms with Gasteiger partial charge >= 0.3 is 17.9 Å². The van der Waals surface area contributed by atoms with Crippen LogP contribution in [0.1, 0.15) is 291 Å². The normalized spacial score (nSPS) is 12.5. The van der Waals surface area contributed by atoms with Crippen LogP contribution in [0.25, 0.3) is 0 Å². The van der Waals surface area contributed by atoms with E-state index in [1.54, 1.807) is 0 Å². The molecule has 0 spiro atoms. The summed E-state index contributed by atoms with van der Waals surface area (Å²) in [6.07, 6.45) is 46.5. The second kappa shape index (κ2) is 45.9. The van der Waals surface area contributed by atoms with Gasteiger partial charge in [0.2, 0.25) is 0 Å². The van der Waals surface area contributed by atoms with E-state index < -0.39 is 6.10 Å². The molecule has 0 aliphatic rings. The van der Waals surface area contributed by atoms with Gasteiger partial charge in [-0.1, -0.05) is 253 Å². The summed E-state index contributed by atoms with van der Waals surface area (Å²) in [7, 11) is 0. The molecule has 6 heteroatoms. The van der Waals surface area contributed by atoms with Crippen molar-refractivity contribution in [2.24, 2.45) is 11.8 Å². The first-order valence-corrected chi connectivity index (χ1v) is 26.3. The maximum atomic E-state index is 12.8. The minimum Gasteiger partial charge on any atom is -0.462 e.